The van der Waals surface area contributed by atoms with Crippen molar-refractivity contribution in [3.63, 3.8) is 0 Å². The molecule has 0 spiro atoms. The maximum atomic E-state index is 12.9. The van der Waals surface area contributed by atoms with Gasteiger partial charge in [-0.25, -0.2) is 18.2 Å². The van der Waals surface area contributed by atoms with Crippen LogP contribution in [-0.2, 0) is 24.1 Å². The number of hydrogen-bond acceptors (Lipinski definition) is 7. The molecule has 33 heavy (non-hydrogen) atoms. The van der Waals surface area contributed by atoms with Crippen LogP contribution in [0.5, 0.6) is 0 Å². The van der Waals surface area contributed by atoms with E-state index in [0.29, 0.717) is 37.5 Å². The van der Waals surface area contributed by atoms with Gasteiger partial charge in [-0.15, -0.1) is 0 Å². The molecule has 11 nitrogen and oxygen atoms in total. The van der Waals surface area contributed by atoms with E-state index in [1.165, 1.54) is 27.8 Å². The number of piperidine rings is 1. The van der Waals surface area contributed by atoms with Crippen molar-refractivity contribution in [3.05, 3.63) is 29.1 Å². The average Bonchev–Trinajstić information content (AvgIpc) is 3.36. The van der Waals surface area contributed by atoms with Crippen LogP contribution in [0.3, 0.4) is 0 Å². The largest absolute Gasteiger partial charge is 0.351 e. The Kier molecular flexibility index (Phi) is 5.73. The van der Waals surface area contributed by atoms with E-state index in [2.05, 4.69) is 15.4 Å². The monoisotopic (exact) mass is 474 g/mol. The third-order valence-corrected chi connectivity index (χ3v) is 8.73. The van der Waals surface area contributed by atoms with Gasteiger partial charge in [0.1, 0.15) is 10.4 Å². The molecular formula is C21H30N8O3S. The predicted molar refractivity (Wildman–Crippen MR) is 124 cm³/mol. The lowest BCUT2D eigenvalue weighted by molar-refractivity contribution is 0.329. The standard InChI is InChI=1S/C21H30N8O3S/c1-26-14-17(12-23-26)33(31,32)28-10-8-15(9-11-28)24-20-22-13-18-19(25-20)29(21(30)27(18)2)16-6-4-3-5-7-16/h12-16H,3-11H2,1-2H3,(H,22,24,25). The molecule has 2 fully saturated rings. The molecule has 2 aliphatic rings. The Labute approximate surface area is 192 Å². The Morgan fingerprint density at radius 1 is 1.03 bits per heavy atom. The highest BCUT2D eigenvalue weighted by atomic mass is 32.2. The fourth-order valence-corrected chi connectivity index (χ4v) is 6.43. The number of aromatic nitrogens is 6. The van der Waals surface area contributed by atoms with Gasteiger partial charge in [-0.3, -0.25) is 13.8 Å². The fourth-order valence-electron chi connectivity index (χ4n) is 4.98. The van der Waals surface area contributed by atoms with E-state index >= 15 is 0 Å². The first-order chi connectivity index (χ1) is 15.8. The van der Waals surface area contributed by atoms with Gasteiger partial charge in [-0.1, -0.05) is 19.3 Å². The molecule has 4 heterocycles. The normalized spacial score (nSPS) is 19.3. The predicted octanol–water partition coefficient (Wildman–Crippen LogP) is 1.63. The van der Waals surface area contributed by atoms with Gasteiger partial charge < -0.3 is 5.32 Å². The molecule has 5 rings (SSSR count). The van der Waals surface area contributed by atoms with Gasteiger partial charge >= 0.3 is 5.69 Å². The molecule has 1 N–H and O–H groups in total. The highest BCUT2D eigenvalue weighted by Gasteiger charge is 2.31. The number of sulfonamides is 1. The summed E-state index contributed by atoms with van der Waals surface area (Å²) in [5.74, 6) is 0.478. The van der Waals surface area contributed by atoms with Crippen LogP contribution in [0.25, 0.3) is 11.2 Å². The van der Waals surface area contributed by atoms with Crippen molar-refractivity contribution in [3.8, 4) is 0 Å². The van der Waals surface area contributed by atoms with Crippen LogP contribution in [0.1, 0.15) is 51.0 Å². The van der Waals surface area contributed by atoms with Crippen molar-refractivity contribution >= 4 is 27.1 Å². The topological polar surface area (TPSA) is 120 Å². The molecule has 3 aromatic rings. The summed E-state index contributed by atoms with van der Waals surface area (Å²) in [6, 6.07) is 0.236. The van der Waals surface area contributed by atoms with Crippen molar-refractivity contribution in [2.45, 2.75) is 61.9 Å². The molecule has 3 aromatic heterocycles. The number of anilines is 1. The second-order valence-electron chi connectivity index (χ2n) is 9.08. The van der Waals surface area contributed by atoms with E-state index < -0.39 is 10.0 Å². The minimum absolute atomic E-state index is 0.0442. The van der Waals surface area contributed by atoms with Crippen LogP contribution in [0.2, 0.25) is 0 Å². The molecular weight excluding hydrogens is 444 g/mol. The van der Waals surface area contributed by atoms with E-state index in [1.807, 2.05) is 4.57 Å². The molecule has 1 saturated heterocycles. The third kappa shape index (κ3) is 4.05. The van der Waals surface area contributed by atoms with Crippen molar-refractivity contribution in [2.75, 3.05) is 18.4 Å². The Morgan fingerprint density at radius 3 is 2.42 bits per heavy atom. The number of imidazole rings is 1. The Balaban J connectivity index is 1.31. The Hall–Kier alpha value is -2.73. The molecule has 0 unspecified atom stereocenters. The number of fused-ring (bicyclic) bond motifs is 1. The zero-order valence-electron chi connectivity index (χ0n) is 19.0. The second-order valence-corrected chi connectivity index (χ2v) is 11.0. The molecule has 1 aliphatic carbocycles. The van der Waals surface area contributed by atoms with Crippen LogP contribution in [0, 0.1) is 0 Å². The average molecular weight is 475 g/mol. The summed E-state index contributed by atoms with van der Waals surface area (Å²) in [6.45, 7) is 0.824. The maximum Gasteiger partial charge on any atom is 0.330 e. The number of hydrogen-bond donors (Lipinski definition) is 1. The number of rotatable bonds is 5. The van der Waals surface area contributed by atoms with Crippen LogP contribution in [-0.4, -0.2) is 60.7 Å². The zero-order chi connectivity index (χ0) is 23.2. The van der Waals surface area contributed by atoms with Gasteiger partial charge in [0.2, 0.25) is 16.0 Å². The van der Waals surface area contributed by atoms with Crippen LogP contribution in [0.15, 0.2) is 28.3 Å². The molecule has 0 atom stereocenters. The van der Waals surface area contributed by atoms with Gasteiger partial charge in [0.25, 0.3) is 0 Å². The summed E-state index contributed by atoms with van der Waals surface area (Å²) in [5.41, 5.74) is 1.36. The first-order valence-corrected chi connectivity index (χ1v) is 13.0. The number of nitrogens with one attached hydrogen (secondary N) is 1. The Morgan fingerprint density at radius 2 is 1.76 bits per heavy atom. The SMILES string of the molecule is Cn1cc(S(=O)(=O)N2CCC(Nc3ncc4c(n3)n(C3CCCCC3)c(=O)n4C)CC2)cn1. The van der Waals surface area contributed by atoms with Gasteiger partial charge in [0.15, 0.2) is 5.65 Å². The van der Waals surface area contributed by atoms with E-state index in [4.69, 9.17) is 4.98 Å². The van der Waals surface area contributed by atoms with Gasteiger partial charge in [-0.05, 0) is 25.7 Å². The zero-order valence-corrected chi connectivity index (χ0v) is 19.8. The van der Waals surface area contributed by atoms with Gasteiger partial charge in [0, 0.05) is 45.5 Å². The summed E-state index contributed by atoms with van der Waals surface area (Å²) in [7, 11) is -0.0726. The van der Waals surface area contributed by atoms with E-state index in [-0.39, 0.29) is 22.7 Å². The Bertz CT molecular complexity index is 1310. The lowest BCUT2D eigenvalue weighted by atomic mass is 9.95. The molecule has 1 saturated carbocycles. The molecule has 0 aromatic carbocycles. The molecule has 178 valence electrons. The highest BCUT2D eigenvalue weighted by molar-refractivity contribution is 7.89. The molecule has 0 amide bonds. The van der Waals surface area contributed by atoms with Gasteiger partial charge in [-0.2, -0.15) is 14.4 Å². The van der Waals surface area contributed by atoms with Crippen molar-refractivity contribution in [2.24, 2.45) is 14.1 Å². The molecule has 0 bridgehead atoms. The molecule has 12 heteroatoms. The first-order valence-electron chi connectivity index (χ1n) is 11.5. The number of aryl methyl sites for hydroxylation is 2. The van der Waals surface area contributed by atoms with Crippen LogP contribution in [0.4, 0.5) is 5.95 Å². The van der Waals surface area contributed by atoms with Crippen LogP contribution < -0.4 is 11.0 Å². The third-order valence-electron chi connectivity index (χ3n) is 6.88. The van der Waals surface area contributed by atoms with E-state index in [0.717, 1.165) is 31.2 Å². The van der Waals surface area contributed by atoms with Crippen molar-refractivity contribution < 1.29 is 8.42 Å². The summed E-state index contributed by atoms with van der Waals surface area (Å²) in [5, 5.41) is 7.34. The number of nitrogens with zero attached hydrogens (tertiary/aromatic N) is 7. The second kappa shape index (κ2) is 8.56. The minimum atomic E-state index is -3.54. The summed E-state index contributed by atoms with van der Waals surface area (Å²) in [4.78, 5) is 22.3. The summed E-state index contributed by atoms with van der Waals surface area (Å²) in [6.07, 6.45) is 11.4. The highest BCUT2D eigenvalue weighted by Crippen LogP contribution is 2.29. The van der Waals surface area contributed by atoms with Crippen molar-refractivity contribution in [1.29, 1.82) is 0 Å². The quantitative estimate of drug-likeness (QED) is 0.597. The lowest BCUT2D eigenvalue weighted by Crippen LogP contribution is -2.42. The molecule has 1 aliphatic heterocycles. The van der Waals surface area contributed by atoms with E-state index in [1.54, 1.807) is 24.9 Å². The summed E-state index contributed by atoms with van der Waals surface area (Å²) >= 11 is 0. The smallest absolute Gasteiger partial charge is 0.330 e. The van der Waals surface area contributed by atoms with Gasteiger partial charge in [0.05, 0.1) is 12.4 Å². The lowest BCUT2D eigenvalue weighted by Gasteiger charge is -2.31. The van der Waals surface area contributed by atoms with Crippen LogP contribution >= 0.6 is 0 Å². The maximum absolute atomic E-state index is 12.9. The first kappa shape index (κ1) is 22.1. The van der Waals surface area contributed by atoms with E-state index in [9.17, 15) is 13.2 Å². The summed E-state index contributed by atoms with van der Waals surface area (Å²) < 4.78 is 32.1. The van der Waals surface area contributed by atoms with Crippen molar-refractivity contribution in [1.82, 2.24) is 33.2 Å². The molecule has 0 radical (unpaired) electrons. The fraction of sp³-hybridized carbons (Fsp3) is 0.619. The minimum Gasteiger partial charge on any atom is -0.351 e.